The van der Waals surface area contributed by atoms with Crippen LogP contribution < -0.4 is 11.1 Å². The lowest BCUT2D eigenvalue weighted by molar-refractivity contribution is 0.0943. The van der Waals surface area contributed by atoms with Crippen molar-refractivity contribution in [3.63, 3.8) is 0 Å². The monoisotopic (exact) mass is 302 g/mol. The van der Waals surface area contributed by atoms with Crippen molar-refractivity contribution in [3.05, 3.63) is 34.9 Å². The van der Waals surface area contributed by atoms with Gasteiger partial charge >= 0.3 is 0 Å². The van der Waals surface area contributed by atoms with Crippen molar-refractivity contribution in [2.24, 2.45) is 5.73 Å². The van der Waals surface area contributed by atoms with Gasteiger partial charge in [-0.15, -0.1) is 0 Å². The first-order valence-electron chi connectivity index (χ1n) is 7.23. The first kappa shape index (κ1) is 15.9. The fourth-order valence-corrected chi connectivity index (χ4v) is 3.38. The van der Waals surface area contributed by atoms with E-state index in [0.29, 0.717) is 12.1 Å². The molecule has 21 heavy (non-hydrogen) atoms. The molecule has 4 heteroatoms. The number of hydrogen-bond acceptors (Lipinski definition) is 3. The molecule has 1 aliphatic carbocycles. The number of hydrogen-bond donors (Lipinski definition) is 2. The Bertz CT molecular complexity index is 577. The van der Waals surface area contributed by atoms with Gasteiger partial charge in [-0.2, -0.15) is 11.8 Å². The maximum atomic E-state index is 12.5. The summed E-state index contributed by atoms with van der Waals surface area (Å²) in [7, 11) is 0. The Kier molecular flexibility index (Phi) is 5.33. The minimum Gasteiger partial charge on any atom is -0.351 e. The first-order chi connectivity index (χ1) is 10.1. The SMILES string of the molecule is CSC1(CNC(=O)c2cc(C)ccc2C#CCN)CCC1. The van der Waals surface area contributed by atoms with E-state index in [1.54, 1.807) is 0 Å². The van der Waals surface area contributed by atoms with Crippen LogP contribution in [0.1, 0.15) is 40.7 Å². The van der Waals surface area contributed by atoms with Gasteiger partial charge in [-0.3, -0.25) is 4.79 Å². The van der Waals surface area contributed by atoms with Crippen molar-refractivity contribution < 1.29 is 4.79 Å². The highest BCUT2D eigenvalue weighted by Gasteiger charge is 2.36. The van der Waals surface area contributed by atoms with Crippen LogP contribution in [-0.2, 0) is 0 Å². The maximum Gasteiger partial charge on any atom is 0.252 e. The quantitative estimate of drug-likeness (QED) is 0.839. The van der Waals surface area contributed by atoms with E-state index in [0.717, 1.165) is 17.7 Å². The van der Waals surface area contributed by atoms with E-state index in [1.165, 1.54) is 19.3 Å². The van der Waals surface area contributed by atoms with E-state index in [-0.39, 0.29) is 10.7 Å². The van der Waals surface area contributed by atoms with Gasteiger partial charge in [0.2, 0.25) is 0 Å². The van der Waals surface area contributed by atoms with Crippen molar-refractivity contribution in [2.75, 3.05) is 19.3 Å². The second-order valence-electron chi connectivity index (χ2n) is 5.48. The average Bonchev–Trinajstić information content (AvgIpc) is 2.45. The third kappa shape index (κ3) is 3.81. The van der Waals surface area contributed by atoms with E-state index in [9.17, 15) is 4.79 Å². The minimum absolute atomic E-state index is 0.0413. The molecule has 1 aromatic rings. The third-order valence-electron chi connectivity index (χ3n) is 4.01. The summed E-state index contributed by atoms with van der Waals surface area (Å²) in [6.45, 7) is 3.00. The minimum atomic E-state index is -0.0413. The Morgan fingerprint density at radius 3 is 2.81 bits per heavy atom. The molecule has 0 radical (unpaired) electrons. The third-order valence-corrected chi connectivity index (χ3v) is 5.43. The second kappa shape index (κ2) is 7.02. The highest BCUT2D eigenvalue weighted by atomic mass is 32.2. The smallest absolute Gasteiger partial charge is 0.252 e. The molecule has 2 rings (SSSR count). The van der Waals surface area contributed by atoms with Crippen molar-refractivity contribution in [2.45, 2.75) is 30.9 Å². The van der Waals surface area contributed by atoms with Crippen LogP contribution in [-0.4, -0.2) is 30.0 Å². The molecule has 1 fully saturated rings. The zero-order valence-corrected chi connectivity index (χ0v) is 13.5. The van der Waals surface area contributed by atoms with Crippen LogP contribution in [0.3, 0.4) is 0 Å². The van der Waals surface area contributed by atoms with Crippen LogP contribution in [0.5, 0.6) is 0 Å². The Morgan fingerprint density at radius 1 is 1.48 bits per heavy atom. The van der Waals surface area contributed by atoms with Crippen molar-refractivity contribution >= 4 is 17.7 Å². The molecule has 0 atom stereocenters. The lowest BCUT2D eigenvalue weighted by Crippen LogP contribution is -2.45. The molecule has 0 aliphatic heterocycles. The van der Waals surface area contributed by atoms with Crippen molar-refractivity contribution in [3.8, 4) is 11.8 Å². The van der Waals surface area contributed by atoms with Crippen LogP contribution in [0, 0.1) is 18.8 Å². The summed E-state index contributed by atoms with van der Waals surface area (Å²) in [6.07, 6.45) is 5.74. The normalized spacial score (nSPS) is 15.6. The van der Waals surface area contributed by atoms with E-state index in [4.69, 9.17) is 5.73 Å². The number of nitrogens with two attached hydrogens (primary N) is 1. The average molecular weight is 302 g/mol. The molecule has 1 amide bonds. The summed E-state index contributed by atoms with van der Waals surface area (Å²) >= 11 is 1.86. The van der Waals surface area contributed by atoms with Gasteiger partial charge in [-0.1, -0.05) is 29.9 Å². The molecule has 1 saturated carbocycles. The van der Waals surface area contributed by atoms with E-state index < -0.39 is 0 Å². The fraction of sp³-hybridized carbons (Fsp3) is 0.471. The molecule has 0 aromatic heterocycles. The van der Waals surface area contributed by atoms with Crippen LogP contribution in [0.15, 0.2) is 18.2 Å². The zero-order chi connectivity index (χ0) is 15.3. The fourth-order valence-electron chi connectivity index (χ4n) is 2.46. The largest absolute Gasteiger partial charge is 0.351 e. The van der Waals surface area contributed by atoms with Gasteiger partial charge in [0.15, 0.2) is 0 Å². The Balaban J connectivity index is 2.12. The van der Waals surface area contributed by atoms with Gasteiger partial charge in [-0.05, 0) is 38.2 Å². The predicted octanol–water partition coefficient (Wildman–Crippen LogP) is 2.32. The van der Waals surface area contributed by atoms with Crippen LogP contribution in [0.2, 0.25) is 0 Å². The molecule has 0 spiro atoms. The molecule has 0 unspecified atom stereocenters. The van der Waals surface area contributed by atoms with Crippen LogP contribution in [0.25, 0.3) is 0 Å². The highest BCUT2D eigenvalue weighted by molar-refractivity contribution is 8.00. The molecule has 1 aromatic carbocycles. The van der Waals surface area contributed by atoms with E-state index >= 15 is 0 Å². The van der Waals surface area contributed by atoms with Crippen LogP contribution >= 0.6 is 11.8 Å². The Labute approximate surface area is 131 Å². The molecule has 0 bridgehead atoms. The zero-order valence-electron chi connectivity index (χ0n) is 12.7. The van der Waals surface area contributed by atoms with Gasteiger partial charge < -0.3 is 11.1 Å². The molecule has 1 aliphatic rings. The van der Waals surface area contributed by atoms with Crippen molar-refractivity contribution in [1.29, 1.82) is 0 Å². The molecule has 0 heterocycles. The number of aryl methyl sites for hydroxylation is 1. The number of benzene rings is 1. The number of nitrogens with one attached hydrogen (secondary N) is 1. The molecule has 3 N–H and O–H groups in total. The number of amides is 1. The second-order valence-corrected chi connectivity index (χ2v) is 6.75. The van der Waals surface area contributed by atoms with Crippen molar-refractivity contribution in [1.82, 2.24) is 5.32 Å². The summed E-state index contributed by atoms with van der Waals surface area (Å²) in [6, 6.07) is 5.75. The number of carbonyl (C=O) groups excluding carboxylic acids is 1. The topological polar surface area (TPSA) is 55.1 Å². The van der Waals surface area contributed by atoms with E-state index in [2.05, 4.69) is 23.4 Å². The molecular weight excluding hydrogens is 280 g/mol. The summed E-state index contributed by atoms with van der Waals surface area (Å²) in [5.41, 5.74) is 7.86. The summed E-state index contributed by atoms with van der Waals surface area (Å²) in [4.78, 5) is 12.5. The number of rotatable bonds is 4. The summed E-state index contributed by atoms with van der Waals surface area (Å²) in [5, 5.41) is 3.08. The summed E-state index contributed by atoms with van der Waals surface area (Å²) in [5.74, 6) is 5.76. The standard InChI is InChI=1S/C17H22N2OS/c1-13-6-7-14(5-3-10-18)15(11-13)16(20)19-12-17(21-2)8-4-9-17/h6-7,11H,4,8-10,12,18H2,1-2H3,(H,19,20). The maximum absolute atomic E-state index is 12.5. The lowest BCUT2D eigenvalue weighted by Gasteiger charge is -2.40. The molecule has 112 valence electrons. The number of carbonyl (C=O) groups is 1. The van der Waals surface area contributed by atoms with Gasteiger partial charge in [-0.25, -0.2) is 0 Å². The molecule has 0 saturated heterocycles. The van der Waals surface area contributed by atoms with Crippen LogP contribution in [0.4, 0.5) is 0 Å². The van der Waals surface area contributed by atoms with Gasteiger partial charge in [0.1, 0.15) is 0 Å². The number of thioether (sulfide) groups is 1. The Morgan fingerprint density at radius 2 is 2.24 bits per heavy atom. The van der Waals surface area contributed by atoms with Gasteiger partial charge in [0.05, 0.1) is 12.1 Å². The van der Waals surface area contributed by atoms with Gasteiger partial charge in [0.25, 0.3) is 5.91 Å². The first-order valence-corrected chi connectivity index (χ1v) is 8.46. The van der Waals surface area contributed by atoms with Gasteiger partial charge in [0, 0.05) is 16.9 Å². The molecular formula is C17H22N2OS. The van der Waals surface area contributed by atoms with E-state index in [1.807, 2.05) is 36.9 Å². The predicted molar refractivity (Wildman–Crippen MR) is 89.5 cm³/mol. The lowest BCUT2D eigenvalue weighted by atomic mass is 9.84. The summed E-state index contributed by atoms with van der Waals surface area (Å²) < 4.78 is 0.239. The highest BCUT2D eigenvalue weighted by Crippen LogP contribution is 2.42. The Hall–Kier alpha value is -1.44. The molecule has 3 nitrogen and oxygen atoms in total.